The molecule has 0 atom stereocenters. The van der Waals surface area contributed by atoms with Crippen LogP contribution in [0.5, 0.6) is 0 Å². The van der Waals surface area contributed by atoms with Gasteiger partial charge in [-0.3, -0.25) is 19.2 Å². The zero-order valence-electron chi connectivity index (χ0n) is 12.0. The van der Waals surface area contributed by atoms with E-state index in [1.54, 1.807) is 12.1 Å². The van der Waals surface area contributed by atoms with Crippen molar-refractivity contribution in [1.29, 1.82) is 0 Å². The molecule has 0 spiro atoms. The van der Waals surface area contributed by atoms with Gasteiger partial charge in [-0.1, -0.05) is 70.7 Å². The molecule has 2 aliphatic rings. The first-order valence-corrected chi connectivity index (χ1v) is 8.16. The highest BCUT2D eigenvalue weighted by molar-refractivity contribution is 6.64. The molecule has 1 aromatic carbocycles. The molecule has 3 rings (SSSR count). The van der Waals surface area contributed by atoms with Crippen LogP contribution >= 0.6 is 46.4 Å². The lowest BCUT2D eigenvalue weighted by Crippen LogP contribution is -2.34. The lowest BCUT2D eigenvalue weighted by Gasteiger charge is -2.21. The standard InChI is InChI=1S/C16H5Cl4NO4/c17-7-8(18)16(25)12(10(20)15(7)24)21-11-9(19)13(22)5-3-1-2-4-6(5)14(11)23/h1-4,21H. The number of benzene rings is 1. The maximum Gasteiger partial charge on any atom is 0.223 e. The molecule has 0 saturated carbocycles. The zero-order chi connectivity index (χ0) is 18.5. The normalized spacial score (nSPS) is 18.2. The van der Waals surface area contributed by atoms with E-state index in [0.717, 1.165) is 0 Å². The van der Waals surface area contributed by atoms with Gasteiger partial charge in [0.1, 0.15) is 31.5 Å². The number of ketones is 4. The summed E-state index contributed by atoms with van der Waals surface area (Å²) in [6.07, 6.45) is 0. The molecular weight excluding hydrogens is 412 g/mol. The van der Waals surface area contributed by atoms with Crippen molar-refractivity contribution in [3.63, 3.8) is 0 Å². The van der Waals surface area contributed by atoms with Gasteiger partial charge in [0, 0.05) is 11.1 Å². The van der Waals surface area contributed by atoms with Gasteiger partial charge in [-0.25, -0.2) is 0 Å². The van der Waals surface area contributed by atoms with Gasteiger partial charge in [0.25, 0.3) is 0 Å². The predicted octanol–water partition coefficient (Wildman–Crippen LogP) is 3.40. The molecule has 0 fully saturated rings. The number of allylic oxidation sites excluding steroid dienone is 5. The van der Waals surface area contributed by atoms with Crippen LogP contribution in [0.2, 0.25) is 0 Å². The third kappa shape index (κ3) is 2.73. The van der Waals surface area contributed by atoms with Crippen LogP contribution in [0.15, 0.2) is 55.8 Å². The van der Waals surface area contributed by atoms with E-state index in [1.165, 1.54) is 12.1 Å². The summed E-state index contributed by atoms with van der Waals surface area (Å²) in [5, 5.41) is 0.315. The Hall–Kier alpha value is -1.92. The van der Waals surface area contributed by atoms with E-state index >= 15 is 0 Å². The predicted molar refractivity (Wildman–Crippen MR) is 92.7 cm³/mol. The third-order valence-corrected chi connectivity index (χ3v) is 5.09. The van der Waals surface area contributed by atoms with E-state index in [4.69, 9.17) is 46.4 Å². The molecule has 1 aromatic rings. The highest BCUT2D eigenvalue weighted by Gasteiger charge is 2.37. The number of carbonyl (C=O) groups excluding carboxylic acids is 4. The molecule has 0 aliphatic heterocycles. The van der Waals surface area contributed by atoms with Crippen molar-refractivity contribution in [3.8, 4) is 0 Å². The van der Waals surface area contributed by atoms with Crippen molar-refractivity contribution in [2.24, 2.45) is 0 Å². The fourth-order valence-electron chi connectivity index (χ4n) is 2.31. The van der Waals surface area contributed by atoms with E-state index in [1.807, 2.05) is 0 Å². The van der Waals surface area contributed by atoms with E-state index < -0.39 is 49.0 Å². The Balaban J connectivity index is 2.08. The second kappa shape index (κ2) is 6.42. The lowest BCUT2D eigenvalue weighted by molar-refractivity contribution is -0.115. The number of carbonyl (C=O) groups is 4. The Morgan fingerprint density at radius 1 is 0.560 bits per heavy atom. The van der Waals surface area contributed by atoms with Crippen LogP contribution in [0.1, 0.15) is 20.7 Å². The fourth-order valence-corrected chi connectivity index (χ4v) is 3.18. The Morgan fingerprint density at radius 3 is 1.60 bits per heavy atom. The summed E-state index contributed by atoms with van der Waals surface area (Å²) in [6, 6.07) is 6.05. The van der Waals surface area contributed by atoms with Gasteiger partial charge in [0.15, 0.2) is 0 Å². The van der Waals surface area contributed by atoms with Gasteiger partial charge in [-0.05, 0) is 0 Å². The van der Waals surface area contributed by atoms with Crippen molar-refractivity contribution in [1.82, 2.24) is 5.32 Å². The highest BCUT2D eigenvalue weighted by atomic mass is 35.5. The van der Waals surface area contributed by atoms with Crippen molar-refractivity contribution in [2.75, 3.05) is 0 Å². The Labute approximate surface area is 160 Å². The van der Waals surface area contributed by atoms with Gasteiger partial charge in [-0.2, -0.15) is 0 Å². The van der Waals surface area contributed by atoms with Gasteiger partial charge < -0.3 is 5.32 Å². The second-order valence-electron chi connectivity index (χ2n) is 4.99. The molecule has 0 amide bonds. The summed E-state index contributed by atoms with van der Waals surface area (Å²) in [4.78, 5) is 49.0. The van der Waals surface area contributed by atoms with Gasteiger partial charge >= 0.3 is 0 Å². The molecule has 0 heterocycles. The molecule has 1 N–H and O–H groups in total. The van der Waals surface area contributed by atoms with Crippen LogP contribution in [-0.4, -0.2) is 23.1 Å². The number of nitrogens with one attached hydrogen (secondary N) is 1. The first-order valence-electron chi connectivity index (χ1n) is 6.65. The SMILES string of the molecule is O=C1C(Cl)=C(Cl)C(=O)C(NC2=C(Cl)C(=O)c3ccccc3C2=O)=C1Cl. The minimum absolute atomic E-state index is 0.102. The summed E-state index contributed by atoms with van der Waals surface area (Å²) >= 11 is 23.2. The molecule has 0 unspecified atom stereocenters. The molecule has 9 heteroatoms. The van der Waals surface area contributed by atoms with Gasteiger partial charge in [0.2, 0.25) is 23.1 Å². The van der Waals surface area contributed by atoms with Crippen molar-refractivity contribution >= 4 is 69.5 Å². The maximum absolute atomic E-state index is 12.6. The Morgan fingerprint density at radius 2 is 1.00 bits per heavy atom. The van der Waals surface area contributed by atoms with Crippen LogP contribution in [-0.2, 0) is 9.59 Å². The molecular formula is C16H5Cl4NO4. The van der Waals surface area contributed by atoms with E-state index in [2.05, 4.69) is 5.32 Å². The van der Waals surface area contributed by atoms with Crippen LogP contribution in [0.3, 0.4) is 0 Å². The minimum Gasteiger partial charge on any atom is -0.346 e. The molecule has 0 bridgehead atoms. The van der Waals surface area contributed by atoms with Gasteiger partial charge in [0.05, 0.1) is 0 Å². The van der Waals surface area contributed by atoms with Crippen LogP contribution < -0.4 is 5.32 Å². The summed E-state index contributed by atoms with van der Waals surface area (Å²) in [7, 11) is 0. The average molecular weight is 417 g/mol. The van der Waals surface area contributed by atoms with Crippen molar-refractivity contribution < 1.29 is 19.2 Å². The molecule has 0 saturated heterocycles. The topological polar surface area (TPSA) is 80.3 Å². The Kier molecular flexibility index (Phi) is 4.60. The molecule has 2 aliphatic carbocycles. The monoisotopic (exact) mass is 415 g/mol. The molecule has 25 heavy (non-hydrogen) atoms. The van der Waals surface area contributed by atoms with Crippen LogP contribution in [0, 0.1) is 0 Å². The van der Waals surface area contributed by atoms with Crippen LogP contribution in [0.25, 0.3) is 0 Å². The first kappa shape index (κ1) is 17.9. The van der Waals surface area contributed by atoms with Crippen molar-refractivity contribution in [3.05, 3.63) is 66.9 Å². The summed E-state index contributed by atoms with van der Waals surface area (Å²) < 4.78 is 0. The zero-order valence-corrected chi connectivity index (χ0v) is 15.0. The molecule has 0 radical (unpaired) electrons. The highest BCUT2D eigenvalue weighted by Crippen LogP contribution is 2.33. The maximum atomic E-state index is 12.6. The number of Topliss-reactive ketones (excluding diaryl/α,β-unsaturated/α-hetero) is 4. The summed E-state index contributed by atoms with van der Waals surface area (Å²) in [6.45, 7) is 0. The van der Waals surface area contributed by atoms with Crippen LogP contribution in [0.4, 0.5) is 0 Å². The smallest absolute Gasteiger partial charge is 0.223 e. The fraction of sp³-hybridized carbons (Fsp3) is 0. The summed E-state index contributed by atoms with van der Waals surface area (Å²) in [5.41, 5.74) is -0.613. The number of rotatable bonds is 2. The molecule has 0 aromatic heterocycles. The molecule has 5 nitrogen and oxygen atoms in total. The molecule has 126 valence electrons. The second-order valence-corrected chi connectivity index (χ2v) is 6.50. The van der Waals surface area contributed by atoms with Gasteiger partial charge in [-0.15, -0.1) is 0 Å². The number of hydrogen-bond donors (Lipinski definition) is 1. The number of fused-ring (bicyclic) bond motifs is 1. The van der Waals surface area contributed by atoms with Crippen molar-refractivity contribution in [2.45, 2.75) is 0 Å². The first-order chi connectivity index (χ1) is 11.8. The largest absolute Gasteiger partial charge is 0.346 e. The lowest BCUT2D eigenvalue weighted by atomic mass is 9.92. The quantitative estimate of drug-likeness (QED) is 0.747. The number of hydrogen-bond acceptors (Lipinski definition) is 5. The third-order valence-electron chi connectivity index (χ3n) is 3.55. The Bertz CT molecular complexity index is 988. The average Bonchev–Trinajstić information content (AvgIpc) is 2.62. The summed E-state index contributed by atoms with van der Waals surface area (Å²) in [5.74, 6) is -3.02. The number of halogens is 4. The van der Waals surface area contributed by atoms with E-state index in [0.29, 0.717) is 0 Å². The van der Waals surface area contributed by atoms with E-state index in [-0.39, 0.29) is 16.8 Å². The minimum atomic E-state index is -0.896. The van der Waals surface area contributed by atoms with E-state index in [9.17, 15) is 19.2 Å².